The molecule has 0 radical (unpaired) electrons. The number of hydrazine groups is 1. The first-order chi connectivity index (χ1) is 7.74. The van der Waals surface area contributed by atoms with Gasteiger partial charge >= 0.3 is 6.09 Å². The van der Waals surface area contributed by atoms with Crippen LogP contribution in [0.1, 0.15) is 26.5 Å². The highest BCUT2D eigenvalue weighted by Gasteiger charge is 2.24. The number of hydrogen-bond donors (Lipinski definition) is 1. The number of amides is 1. The third-order valence-corrected chi connectivity index (χ3v) is 3.18. The molecule has 17 heavy (non-hydrogen) atoms. The number of nitrogens with two attached hydrogens (primary N) is 1. The summed E-state index contributed by atoms with van der Waals surface area (Å²) in [6.45, 7) is 5.20. The largest absolute Gasteiger partial charge is 0.442 e. The highest BCUT2D eigenvalue weighted by molar-refractivity contribution is 9.11. The van der Waals surface area contributed by atoms with Crippen molar-refractivity contribution in [3.05, 3.63) is 9.48 Å². The van der Waals surface area contributed by atoms with Gasteiger partial charge in [-0.1, -0.05) is 11.3 Å². The molecule has 0 aliphatic carbocycles. The Kier molecular flexibility index (Phi) is 4.08. The summed E-state index contributed by atoms with van der Waals surface area (Å²) in [5.74, 6) is 5.56. The monoisotopic (exact) mass is 318 g/mol. The summed E-state index contributed by atoms with van der Waals surface area (Å²) in [5.41, 5.74) is -0.453. The van der Waals surface area contributed by atoms with E-state index in [9.17, 15) is 4.79 Å². The molecular weight excluding hydrogens is 308 g/mol. The molecule has 0 spiro atoms. The lowest BCUT2D eigenvalue weighted by molar-refractivity contribution is 0.0580. The Morgan fingerprint density at radius 2 is 2.24 bits per heavy atom. The molecule has 1 aromatic heterocycles. The number of carbonyl (C=O) groups excluding carboxylic acids is 1. The van der Waals surface area contributed by atoms with Crippen LogP contribution in [0.25, 0.3) is 0 Å². The fourth-order valence-electron chi connectivity index (χ4n) is 0.852. The highest BCUT2D eigenvalue weighted by atomic mass is 79.9. The number of ether oxygens (including phenoxy) is 1. The zero-order valence-electron chi connectivity index (χ0n) is 9.52. The Hall–Kier alpha value is -1.17. The smallest absolute Gasteiger partial charge is 0.431 e. The van der Waals surface area contributed by atoms with Crippen LogP contribution in [0.2, 0.25) is 0 Å². The normalized spacial score (nSPS) is 10.8. The maximum atomic E-state index is 11.6. The van der Waals surface area contributed by atoms with Gasteiger partial charge in [-0.2, -0.15) is 10.3 Å². The first kappa shape index (κ1) is 13.9. The second-order valence-corrected chi connectivity index (χ2v) is 6.38. The summed E-state index contributed by atoms with van der Waals surface area (Å²) in [5, 5.41) is 9.70. The minimum absolute atomic E-state index is 0.184. The predicted octanol–water partition coefficient (Wildman–Crippen LogP) is 2.39. The quantitative estimate of drug-likeness (QED) is 0.487. The van der Waals surface area contributed by atoms with Crippen molar-refractivity contribution in [3.8, 4) is 6.07 Å². The third-order valence-electron chi connectivity index (χ3n) is 1.48. The van der Waals surface area contributed by atoms with Gasteiger partial charge in [0, 0.05) is 0 Å². The van der Waals surface area contributed by atoms with E-state index in [1.54, 1.807) is 20.8 Å². The Bertz CT molecular complexity index is 474. The highest BCUT2D eigenvalue weighted by Crippen LogP contribution is 2.29. The van der Waals surface area contributed by atoms with Crippen LogP contribution in [-0.2, 0) is 4.74 Å². The number of thiazole rings is 1. The molecule has 0 bridgehead atoms. The van der Waals surface area contributed by atoms with E-state index in [-0.39, 0.29) is 10.8 Å². The summed E-state index contributed by atoms with van der Waals surface area (Å²) in [7, 11) is 0. The summed E-state index contributed by atoms with van der Waals surface area (Å²) >= 11 is 4.24. The van der Waals surface area contributed by atoms with Crippen LogP contribution in [0.4, 0.5) is 9.93 Å². The predicted molar refractivity (Wildman–Crippen MR) is 67.4 cm³/mol. The van der Waals surface area contributed by atoms with Crippen molar-refractivity contribution in [2.45, 2.75) is 26.4 Å². The maximum Gasteiger partial charge on any atom is 0.431 e. The van der Waals surface area contributed by atoms with Crippen molar-refractivity contribution < 1.29 is 9.53 Å². The summed E-state index contributed by atoms with van der Waals surface area (Å²) < 4.78 is 5.59. The van der Waals surface area contributed by atoms with E-state index >= 15 is 0 Å². The lowest BCUT2D eigenvalue weighted by Gasteiger charge is -2.22. The molecule has 2 N–H and O–H groups in total. The SMILES string of the molecule is CC(C)(C)OC(=O)N(N)c1nc(C#N)c(Br)s1. The first-order valence-electron chi connectivity index (χ1n) is 4.59. The second-order valence-electron chi connectivity index (χ2n) is 4.08. The van der Waals surface area contributed by atoms with Crippen molar-refractivity contribution in [3.63, 3.8) is 0 Å². The van der Waals surface area contributed by atoms with Crippen molar-refractivity contribution in [1.82, 2.24) is 4.98 Å². The molecule has 92 valence electrons. The Morgan fingerprint density at radius 3 is 2.65 bits per heavy atom. The lowest BCUT2D eigenvalue weighted by Crippen LogP contribution is -2.41. The molecule has 1 heterocycles. The molecule has 1 aromatic rings. The molecule has 0 unspecified atom stereocenters. The standard InChI is InChI=1S/C9H11BrN4O2S/c1-9(2,3)16-8(15)14(12)7-13-5(4-11)6(10)17-7/h12H2,1-3H3. The van der Waals surface area contributed by atoms with E-state index in [2.05, 4.69) is 20.9 Å². The number of nitrogens with zero attached hydrogens (tertiary/aromatic N) is 3. The Labute approximate surface area is 111 Å². The van der Waals surface area contributed by atoms with Crippen molar-refractivity contribution in [2.75, 3.05) is 5.01 Å². The fourth-order valence-corrected chi connectivity index (χ4v) is 2.12. The summed E-state index contributed by atoms with van der Waals surface area (Å²) in [6, 6.07) is 1.88. The van der Waals surface area contributed by atoms with E-state index in [1.807, 2.05) is 6.07 Å². The van der Waals surface area contributed by atoms with E-state index in [1.165, 1.54) is 0 Å². The van der Waals surface area contributed by atoms with Crippen LogP contribution in [0.3, 0.4) is 0 Å². The van der Waals surface area contributed by atoms with Crippen molar-refractivity contribution in [2.24, 2.45) is 5.84 Å². The number of halogens is 1. The van der Waals surface area contributed by atoms with Gasteiger partial charge in [0.1, 0.15) is 15.5 Å². The zero-order valence-corrected chi connectivity index (χ0v) is 11.9. The molecule has 1 amide bonds. The molecule has 0 atom stereocenters. The zero-order chi connectivity index (χ0) is 13.2. The number of hydrogen-bond acceptors (Lipinski definition) is 6. The van der Waals surface area contributed by atoms with E-state index in [4.69, 9.17) is 15.8 Å². The van der Waals surface area contributed by atoms with Gasteiger partial charge in [0.05, 0.1) is 0 Å². The van der Waals surface area contributed by atoms with Gasteiger partial charge in [-0.25, -0.2) is 15.6 Å². The van der Waals surface area contributed by atoms with Crippen molar-refractivity contribution >= 4 is 38.5 Å². The van der Waals surface area contributed by atoms with Crippen LogP contribution in [-0.4, -0.2) is 16.7 Å². The van der Waals surface area contributed by atoms with Crippen LogP contribution >= 0.6 is 27.3 Å². The van der Waals surface area contributed by atoms with Gasteiger partial charge in [0.25, 0.3) is 0 Å². The summed E-state index contributed by atoms with van der Waals surface area (Å²) in [6.07, 6.45) is -0.719. The fraction of sp³-hybridized carbons (Fsp3) is 0.444. The minimum atomic E-state index is -0.719. The molecule has 0 aliphatic heterocycles. The second kappa shape index (κ2) is 5.00. The number of carbonyl (C=O) groups is 1. The Morgan fingerprint density at radius 1 is 1.65 bits per heavy atom. The average molecular weight is 319 g/mol. The number of rotatable bonds is 1. The van der Waals surface area contributed by atoms with Gasteiger partial charge in [-0.15, -0.1) is 0 Å². The maximum absolute atomic E-state index is 11.6. The molecule has 6 nitrogen and oxygen atoms in total. The lowest BCUT2D eigenvalue weighted by atomic mass is 10.2. The topological polar surface area (TPSA) is 92.2 Å². The molecular formula is C9H11BrN4O2S. The average Bonchev–Trinajstić information content (AvgIpc) is 2.55. The van der Waals surface area contributed by atoms with Crippen LogP contribution in [0, 0.1) is 11.3 Å². The van der Waals surface area contributed by atoms with E-state index < -0.39 is 11.7 Å². The molecule has 0 aromatic carbocycles. The molecule has 0 saturated heterocycles. The van der Waals surface area contributed by atoms with E-state index in [0.717, 1.165) is 16.3 Å². The van der Waals surface area contributed by atoms with Gasteiger partial charge in [-0.3, -0.25) is 0 Å². The Balaban J connectivity index is 2.86. The van der Waals surface area contributed by atoms with Gasteiger partial charge in [0.15, 0.2) is 5.69 Å². The van der Waals surface area contributed by atoms with Gasteiger partial charge < -0.3 is 4.74 Å². The molecule has 0 aliphatic rings. The minimum Gasteiger partial charge on any atom is -0.442 e. The molecule has 1 rings (SSSR count). The third kappa shape index (κ3) is 3.66. The van der Waals surface area contributed by atoms with E-state index in [0.29, 0.717) is 3.79 Å². The first-order valence-corrected chi connectivity index (χ1v) is 6.20. The molecule has 0 saturated carbocycles. The molecule has 0 fully saturated rings. The van der Waals surface area contributed by atoms with Crippen molar-refractivity contribution in [1.29, 1.82) is 5.26 Å². The molecule has 8 heteroatoms. The van der Waals surface area contributed by atoms with Crippen LogP contribution < -0.4 is 10.9 Å². The number of anilines is 1. The van der Waals surface area contributed by atoms with Gasteiger partial charge in [0.2, 0.25) is 5.13 Å². The van der Waals surface area contributed by atoms with Gasteiger partial charge in [-0.05, 0) is 36.7 Å². The van der Waals surface area contributed by atoms with Crippen LogP contribution in [0.5, 0.6) is 0 Å². The van der Waals surface area contributed by atoms with Crippen LogP contribution in [0.15, 0.2) is 3.79 Å². The summed E-state index contributed by atoms with van der Waals surface area (Å²) in [4.78, 5) is 15.5. The number of aromatic nitrogens is 1. The number of nitriles is 1.